The summed E-state index contributed by atoms with van der Waals surface area (Å²) < 4.78 is 5.29. The normalized spacial score (nSPS) is 9.88. The van der Waals surface area contributed by atoms with Crippen LogP contribution in [0.3, 0.4) is 0 Å². The summed E-state index contributed by atoms with van der Waals surface area (Å²) in [7, 11) is 1.61. The Bertz CT molecular complexity index is 854. The Morgan fingerprint density at radius 2 is 2.00 bits per heavy atom. The monoisotopic (exact) mass is 407 g/mol. The van der Waals surface area contributed by atoms with Gasteiger partial charge in [0.2, 0.25) is 0 Å². The highest BCUT2D eigenvalue weighted by Gasteiger charge is 2.11. The lowest BCUT2D eigenvalue weighted by atomic mass is 10.1. The molecule has 0 spiro atoms. The fourth-order valence-corrected chi connectivity index (χ4v) is 2.84. The summed E-state index contributed by atoms with van der Waals surface area (Å²) in [6, 6.07) is 14.0. The van der Waals surface area contributed by atoms with Crippen LogP contribution in [0.25, 0.3) is 11.3 Å². The Morgan fingerprint density at radius 3 is 2.75 bits per heavy atom. The van der Waals surface area contributed by atoms with E-state index in [4.69, 9.17) is 4.74 Å². The number of thiazole rings is 1. The number of nitrogens with zero attached hydrogens (tertiary/aromatic N) is 2. The molecule has 0 atom stereocenters. The Kier molecular flexibility index (Phi) is 5.88. The maximum Gasteiger partial charge on any atom is 0.270 e. The molecule has 1 heterocycles. The van der Waals surface area contributed by atoms with Gasteiger partial charge in [0.05, 0.1) is 23.4 Å². The molecule has 0 fully saturated rings. The van der Waals surface area contributed by atoms with Crippen LogP contribution in [0, 0.1) is 10.1 Å². The number of anilines is 2. The molecule has 1 N–H and O–H groups in total. The number of ether oxygens (including phenoxy) is 1. The van der Waals surface area contributed by atoms with Crippen molar-refractivity contribution in [1.29, 1.82) is 0 Å². The number of rotatable bonds is 5. The lowest BCUT2D eigenvalue weighted by molar-refractivity contribution is -0.384. The van der Waals surface area contributed by atoms with Crippen molar-refractivity contribution in [2.45, 2.75) is 0 Å². The van der Waals surface area contributed by atoms with Gasteiger partial charge in [0.1, 0.15) is 5.75 Å². The molecule has 8 heteroatoms. The smallest absolute Gasteiger partial charge is 0.270 e. The van der Waals surface area contributed by atoms with E-state index in [0.717, 1.165) is 11.4 Å². The van der Waals surface area contributed by atoms with Gasteiger partial charge in [-0.25, -0.2) is 4.98 Å². The average molecular weight is 408 g/mol. The van der Waals surface area contributed by atoms with Crippen LogP contribution in [0.4, 0.5) is 16.5 Å². The first-order chi connectivity index (χ1) is 11.2. The van der Waals surface area contributed by atoms with E-state index >= 15 is 0 Å². The summed E-state index contributed by atoms with van der Waals surface area (Å²) in [4.78, 5) is 14.9. The first-order valence-electron chi connectivity index (χ1n) is 6.78. The molecule has 124 valence electrons. The molecular weight excluding hydrogens is 394 g/mol. The van der Waals surface area contributed by atoms with Crippen molar-refractivity contribution < 1.29 is 9.66 Å². The fourth-order valence-electron chi connectivity index (χ4n) is 2.11. The predicted molar refractivity (Wildman–Crippen MR) is 101 cm³/mol. The number of nitro groups is 1. The van der Waals surface area contributed by atoms with Gasteiger partial charge in [0.25, 0.3) is 5.69 Å². The largest absolute Gasteiger partial charge is 0.495 e. The maximum atomic E-state index is 10.9. The van der Waals surface area contributed by atoms with Crippen molar-refractivity contribution in [3.63, 3.8) is 0 Å². The Hall–Kier alpha value is -2.45. The number of nitro benzene ring substituents is 1. The maximum absolute atomic E-state index is 10.9. The summed E-state index contributed by atoms with van der Waals surface area (Å²) in [6.45, 7) is 0. The van der Waals surface area contributed by atoms with E-state index in [0.29, 0.717) is 16.4 Å². The van der Waals surface area contributed by atoms with Gasteiger partial charge in [-0.1, -0.05) is 24.3 Å². The zero-order chi connectivity index (χ0) is 16.2. The van der Waals surface area contributed by atoms with Gasteiger partial charge in [-0.2, -0.15) is 0 Å². The van der Waals surface area contributed by atoms with Crippen LogP contribution >= 0.6 is 28.3 Å². The highest BCUT2D eigenvalue weighted by Crippen LogP contribution is 2.31. The predicted octanol–water partition coefficient (Wildman–Crippen LogP) is 5.05. The molecule has 0 amide bonds. The zero-order valence-electron chi connectivity index (χ0n) is 12.6. The van der Waals surface area contributed by atoms with E-state index in [-0.39, 0.29) is 22.7 Å². The van der Waals surface area contributed by atoms with Crippen LogP contribution in [0.15, 0.2) is 53.9 Å². The van der Waals surface area contributed by atoms with Gasteiger partial charge in [0, 0.05) is 23.1 Å². The average Bonchev–Trinajstić information content (AvgIpc) is 3.04. The van der Waals surface area contributed by atoms with Crippen molar-refractivity contribution in [3.8, 4) is 17.0 Å². The molecule has 0 unspecified atom stereocenters. The SMILES string of the molecule is Br.COc1ccccc1Nc1nc(-c2cccc([N+](=O)[O-])c2)cs1. The van der Waals surface area contributed by atoms with Crippen molar-refractivity contribution in [1.82, 2.24) is 4.98 Å². The van der Waals surface area contributed by atoms with Gasteiger partial charge in [-0.3, -0.25) is 10.1 Å². The van der Waals surface area contributed by atoms with Gasteiger partial charge in [0.15, 0.2) is 5.13 Å². The number of methoxy groups -OCH3 is 1. The highest BCUT2D eigenvalue weighted by atomic mass is 79.9. The first kappa shape index (κ1) is 17.9. The lowest BCUT2D eigenvalue weighted by Crippen LogP contribution is -1.94. The Balaban J connectivity index is 0.00000208. The Labute approximate surface area is 153 Å². The van der Waals surface area contributed by atoms with E-state index in [2.05, 4.69) is 10.3 Å². The van der Waals surface area contributed by atoms with Gasteiger partial charge >= 0.3 is 0 Å². The second kappa shape index (κ2) is 7.89. The van der Waals surface area contributed by atoms with Crippen LogP contribution in [0.2, 0.25) is 0 Å². The topological polar surface area (TPSA) is 77.3 Å². The quantitative estimate of drug-likeness (QED) is 0.472. The summed E-state index contributed by atoms with van der Waals surface area (Å²) in [6.07, 6.45) is 0. The van der Waals surface area contributed by atoms with Crippen LogP contribution in [-0.4, -0.2) is 17.0 Å². The number of halogens is 1. The molecule has 3 rings (SSSR count). The lowest BCUT2D eigenvalue weighted by Gasteiger charge is -2.08. The van der Waals surface area contributed by atoms with Crippen molar-refractivity contribution in [2.24, 2.45) is 0 Å². The second-order valence-corrected chi connectivity index (χ2v) is 5.53. The van der Waals surface area contributed by atoms with E-state index in [9.17, 15) is 10.1 Å². The number of aromatic nitrogens is 1. The highest BCUT2D eigenvalue weighted by molar-refractivity contribution is 8.93. The molecule has 0 radical (unpaired) electrons. The summed E-state index contributed by atoms with van der Waals surface area (Å²) in [5, 5.41) is 16.6. The van der Waals surface area contributed by atoms with Crippen LogP contribution in [-0.2, 0) is 0 Å². The molecular formula is C16H14BrN3O3S. The summed E-state index contributed by atoms with van der Waals surface area (Å²) >= 11 is 1.43. The van der Waals surface area contributed by atoms with Crippen LogP contribution in [0.5, 0.6) is 5.75 Å². The zero-order valence-corrected chi connectivity index (χ0v) is 15.2. The standard InChI is InChI=1S/C16H13N3O3S.BrH/c1-22-15-8-3-2-7-13(15)17-16-18-14(10-23-16)11-5-4-6-12(9-11)19(20)21;/h2-10H,1H3,(H,17,18);1H. The number of benzene rings is 2. The van der Waals surface area contributed by atoms with Crippen molar-refractivity contribution in [2.75, 3.05) is 12.4 Å². The third kappa shape index (κ3) is 3.90. The molecule has 0 aliphatic carbocycles. The number of nitrogens with one attached hydrogen (secondary N) is 1. The molecule has 6 nitrogen and oxygen atoms in total. The van der Waals surface area contributed by atoms with Crippen molar-refractivity contribution in [3.05, 3.63) is 64.0 Å². The molecule has 0 saturated heterocycles. The third-order valence-corrected chi connectivity index (χ3v) is 3.96. The summed E-state index contributed by atoms with van der Waals surface area (Å²) in [5.74, 6) is 0.722. The molecule has 24 heavy (non-hydrogen) atoms. The van der Waals surface area contributed by atoms with E-state index in [1.165, 1.54) is 23.5 Å². The third-order valence-electron chi connectivity index (χ3n) is 3.21. The van der Waals surface area contributed by atoms with E-state index in [1.54, 1.807) is 19.2 Å². The fraction of sp³-hybridized carbons (Fsp3) is 0.0625. The minimum absolute atomic E-state index is 0. The molecule has 0 aliphatic rings. The Morgan fingerprint density at radius 1 is 1.21 bits per heavy atom. The number of non-ortho nitro benzene ring substituents is 1. The van der Waals surface area contributed by atoms with Crippen LogP contribution in [0.1, 0.15) is 0 Å². The van der Waals surface area contributed by atoms with E-state index < -0.39 is 4.92 Å². The van der Waals surface area contributed by atoms with Crippen molar-refractivity contribution >= 4 is 44.8 Å². The van der Waals surface area contributed by atoms with Gasteiger partial charge in [-0.15, -0.1) is 28.3 Å². The number of hydrogen-bond donors (Lipinski definition) is 1. The molecule has 1 aromatic heterocycles. The summed E-state index contributed by atoms with van der Waals surface area (Å²) in [5.41, 5.74) is 2.27. The van der Waals surface area contributed by atoms with E-state index in [1.807, 2.05) is 29.6 Å². The second-order valence-electron chi connectivity index (χ2n) is 4.67. The molecule has 0 bridgehead atoms. The molecule has 0 aliphatic heterocycles. The van der Waals surface area contributed by atoms with Crippen LogP contribution < -0.4 is 10.1 Å². The van der Waals surface area contributed by atoms with Gasteiger partial charge in [-0.05, 0) is 12.1 Å². The van der Waals surface area contributed by atoms with Gasteiger partial charge < -0.3 is 10.1 Å². The minimum atomic E-state index is -0.413. The molecule has 3 aromatic rings. The molecule has 0 saturated carbocycles. The molecule has 2 aromatic carbocycles. The minimum Gasteiger partial charge on any atom is -0.495 e. The first-order valence-corrected chi connectivity index (χ1v) is 7.66. The number of hydrogen-bond acceptors (Lipinski definition) is 6. The number of para-hydroxylation sites is 2.